The lowest BCUT2D eigenvalue weighted by Crippen LogP contribution is -2.12. The predicted molar refractivity (Wildman–Crippen MR) is 116 cm³/mol. The number of hydrogen-bond acceptors (Lipinski definition) is 3. The molecule has 0 saturated carbocycles. The summed E-state index contributed by atoms with van der Waals surface area (Å²) in [5.74, 6) is 0.931. The lowest BCUT2D eigenvalue weighted by Gasteiger charge is -2.13. The van der Waals surface area contributed by atoms with Gasteiger partial charge < -0.3 is 14.8 Å². The molecule has 3 rings (SSSR count). The summed E-state index contributed by atoms with van der Waals surface area (Å²) in [5.41, 5.74) is 3.54. The Hall–Kier alpha value is -2.54. The molecule has 3 aromatic carbocycles. The zero-order valence-corrected chi connectivity index (χ0v) is 17.3. The molecular formula is C22H20INO3. The van der Waals surface area contributed by atoms with E-state index in [4.69, 9.17) is 9.47 Å². The van der Waals surface area contributed by atoms with Gasteiger partial charge in [-0.05, 0) is 77.5 Å². The highest BCUT2D eigenvalue weighted by Crippen LogP contribution is 2.29. The second kappa shape index (κ2) is 8.90. The number of halogens is 1. The molecule has 0 spiro atoms. The number of nitrogens with one attached hydrogen (secondary N) is 1. The molecule has 0 saturated heterocycles. The van der Waals surface area contributed by atoms with Crippen LogP contribution in [0.15, 0.2) is 66.7 Å². The molecule has 0 fully saturated rings. The van der Waals surface area contributed by atoms with Crippen LogP contribution < -0.4 is 14.8 Å². The maximum atomic E-state index is 12.5. The summed E-state index contributed by atoms with van der Waals surface area (Å²) in [5, 5.41) is 2.88. The molecule has 0 heterocycles. The Labute approximate surface area is 172 Å². The van der Waals surface area contributed by atoms with Gasteiger partial charge in [-0.2, -0.15) is 0 Å². The van der Waals surface area contributed by atoms with E-state index in [2.05, 4.69) is 27.9 Å². The number of aryl methyl sites for hydroxylation is 1. The fourth-order valence-corrected chi connectivity index (χ4v) is 2.87. The average molecular weight is 473 g/mol. The SMILES string of the molecule is COc1cc(C(=O)Nc2ccc(I)cc2)ccc1OCc1ccc(C)cc1. The van der Waals surface area contributed by atoms with Gasteiger partial charge >= 0.3 is 0 Å². The number of anilines is 1. The number of carbonyl (C=O) groups is 1. The zero-order valence-electron chi connectivity index (χ0n) is 15.2. The van der Waals surface area contributed by atoms with Crippen molar-refractivity contribution in [2.24, 2.45) is 0 Å². The molecule has 0 atom stereocenters. The van der Waals surface area contributed by atoms with Crippen LogP contribution >= 0.6 is 22.6 Å². The highest BCUT2D eigenvalue weighted by atomic mass is 127. The number of amides is 1. The van der Waals surface area contributed by atoms with Crippen LogP contribution in [0.5, 0.6) is 11.5 Å². The van der Waals surface area contributed by atoms with Crippen molar-refractivity contribution in [3.63, 3.8) is 0 Å². The predicted octanol–water partition coefficient (Wildman–Crippen LogP) is 5.44. The number of benzene rings is 3. The van der Waals surface area contributed by atoms with Gasteiger partial charge in [0.1, 0.15) is 6.61 Å². The van der Waals surface area contributed by atoms with Gasteiger partial charge in [-0.3, -0.25) is 4.79 Å². The molecule has 138 valence electrons. The van der Waals surface area contributed by atoms with Crippen molar-refractivity contribution in [1.29, 1.82) is 0 Å². The van der Waals surface area contributed by atoms with E-state index in [1.54, 1.807) is 25.3 Å². The highest BCUT2D eigenvalue weighted by molar-refractivity contribution is 14.1. The zero-order chi connectivity index (χ0) is 19.2. The van der Waals surface area contributed by atoms with Gasteiger partial charge in [-0.25, -0.2) is 0 Å². The molecule has 1 N–H and O–H groups in total. The van der Waals surface area contributed by atoms with Crippen molar-refractivity contribution in [2.75, 3.05) is 12.4 Å². The van der Waals surface area contributed by atoms with Crippen molar-refractivity contribution in [2.45, 2.75) is 13.5 Å². The Morgan fingerprint density at radius 2 is 1.67 bits per heavy atom. The quantitative estimate of drug-likeness (QED) is 0.486. The Morgan fingerprint density at radius 3 is 2.33 bits per heavy atom. The third-order valence-corrected chi connectivity index (χ3v) is 4.76. The molecule has 0 unspecified atom stereocenters. The summed E-state index contributed by atoms with van der Waals surface area (Å²) in [6.07, 6.45) is 0. The third-order valence-electron chi connectivity index (χ3n) is 4.04. The van der Waals surface area contributed by atoms with E-state index in [1.807, 2.05) is 55.5 Å². The molecule has 3 aromatic rings. The summed E-state index contributed by atoms with van der Waals surface area (Å²) in [7, 11) is 1.56. The Morgan fingerprint density at radius 1 is 0.963 bits per heavy atom. The Bertz CT molecular complexity index is 921. The maximum absolute atomic E-state index is 12.5. The molecular weight excluding hydrogens is 453 g/mol. The molecule has 0 aromatic heterocycles. The molecule has 0 aliphatic carbocycles. The van der Waals surface area contributed by atoms with Gasteiger partial charge in [0.2, 0.25) is 0 Å². The first-order valence-electron chi connectivity index (χ1n) is 8.48. The topological polar surface area (TPSA) is 47.6 Å². The van der Waals surface area contributed by atoms with Gasteiger partial charge in [0.25, 0.3) is 5.91 Å². The molecule has 27 heavy (non-hydrogen) atoms. The van der Waals surface area contributed by atoms with Gasteiger partial charge in [-0.15, -0.1) is 0 Å². The molecule has 5 heteroatoms. The van der Waals surface area contributed by atoms with Crippen LogP contribution in [0.2, 0.25) is 0 Å². The van der Waals surface area contributed by atoms with Crippen LogP contribution in [-0.2, 0) is 6.61 Å². The second-order valence-electron chi connectivity index (χ2n) is 6.10. The van der Waals surface area contributed by atoms with Gasteiger partial charge in [0.05, 0.1) is 7.11 Å². The van der Waals surface area contributed by atoms with Crippen molar-refractivity contribution < 1.29 is 14.3 Å². The normalized spacial score (nSPS) is 10.3. The fourth-order valence-electron chi connectivity index (χ4n) is 2.51. The number of ether oxygens (including phenoxy) is 2. The van der Waals surface area contributed by atoms with E-state index in [1.165, 1.54) is 5.56 Å². The molecule has 0 radical (unpaired) electrons. The number of methoxy groups -OCH3 is 1. The van der Waals surface area contributed by atoms with Gasteiger partial charge in [-0.1, -0.05) is 29.8 Å². The van der Waals surface area contributed by atoms with Crippen LogP contribution in [-0.4, -0.2) is 13.0 Å². The molecule has 0 aliphatic rings. The number of hydrogen-bond donors (Lipinski definition) is 1. The van der Waals surface area contributed by atoms with E-state index in [0.717, 1.165) is 14.8 Å². The van der Waals surface area contributed by atoms with Crippen molar-refractivity contribution in [1.82, 2.24) is 0 Å². The van der Waals surface area contributed by atoms with Crippen LogP contribution in [0.1, 0.15) is 21.5 Å². The Kier molecular flexibility index (Phi) is 6.34. The second-order valence-corrected chi connectivity index (χ2v) is 7.35. The lowest BCUT2D eigenvalue weighted by molar-refractivity contribution is 0.102. The van der Waals surface area contributed by atoms with Crippen molar-refractivity contribution in [3.05, 3.63) is 87.0 Å². The van der Waals surface area contributed by atoms with Gasteiger partial charge in [0.15, 0.2) is 11.5 Å². The highest BCUT2D eigenvalue weighted by Gasteiger charge is 2.12. The van der Waals surface area contributed by atoms with E-state index >= 15 is 0 Å². The summed E-state index contributed by atoms with van der Waals surface area (Å²) < 4.78 is 12.4. The van der Waals surface area contributed by atoms with Crippen molar-refractivity contribution in [3.8, 4) is 11.5 Å². The van der Waals surface area contributed by atoms with Crippen molar-refractivity contribution >= 4 is 34.2 Å². The summed E-state index contributed by atoms with van der Waals surface area (Å²) in [4.78, 5) is 12.5. The minimum atomic E-state index is -0.195. The molecule has 0 aliphatic heterocycles. The Balaban J connectivity index is 1.70. The van der Waals surface area contributed by atoms with E-state index in [-0.39, 0.29) is 5.91 Å². The van der Waals surface area contributed by atoms with E-state index < -0.39 is 0 Å². The monoisotopic (exact) mass is 473 g/mol. The smallest absolute Gasteiger partial charge is 0.255 e. The number of carbonyl (C=O) groups excluding carboxylic acids is 1. The molecule has 0 bridgehead atoms. The molecule has 1 amide bonds. The van der Waals surface area contributed by atoms with Gasteiger partial charge in [0, 0.05) is 14.8 Å². The fraction of sp³-hybridized carbons (Fsp3) is 0.136. The minimum Gasteiger partial charge on any atom is -0.493 e. The number of rotatable bonds is 6. The first kappa shape index (κ1) is 19.2. The minimum absolute atomic E-state index is 0.195. The standard InChI is InChI=1S/C22H20INO3/c1-15-3-5-16(6-4-15)14-27-20-12-7-17(13-21(20)26-2)22(25)24-19-10-8-18(23)9-11-19/h3-13H,14H2,1-2H3,(H,24,25). The maximum Gasteiger partial charge on any atom is 0.255 e. The van der Waals surface area contributed by atoms with E-state index in [0.29, 0.717) is 23.7 Å². The van der Waals surface area contributed by atoms with E-state index in [9.17, 15) is 4.79 Å². The third kappa shape index (κ3) is 5.23. The summed E-state index contributed by atoms with van der Waals surface area (Å²) >= 11 is 2.22. The largest absolute Gasteiger partial charge is 0.493 e. The van der Waals surface area contributed by atoms with Crippen LogP contribution in [0.25, 0.3) is 0 Å². The van der Waals surface area contributed by atoms with Crippen LogP contribution in [0.3, 0.4) is 0 Å². The summed E-state index contributed by atoms with van der Waals surface area (Å²) in [6, 6.07) is 21.0. The first-order valence-corrected chi connectivity index (χ1v) is 9.56. The van der Waals surface area contributed by atoms with Crippen LogP contribution in [0.4, 0.5) is 5.69 Å². The average Bonchev–Trinajstić information content (AvgIpc) is 2.69. The van der Waals surface area contributed by atoms with Crippen LogP contribution in [0, 0.1) is 10.5 Å². The lowest BCUT2D eigenvalue weighted by atomic mass is 10.1. The first-order chi connectivity index (χ1) is 13.0. The molecule has 4 nitrogen and oxygen atoms in total. The summed E-state index contributed by atoms with van der Waals surface area (Å²) in [6.45, 7) is 2.48.